The van der Waals surface area contributed by atoms with Crippen molar-refractivity contribution in [2.24, 2.45) is 0 Å². The summed E-state index contributed by atoms with van der Waals surface area (Å²) in [5.74, 6) is 0. The van der Waals surface area contributed by atoms with E-state index in [1.54, 1.807) is 46.7 Å². The van der Waals surface area contributed by atoms with Crippen molar-refractivity contribution in [3.8, 4) is 22.3 Å². The van der Waals surface area contributed by atoms with Gasteiger partial charge in [0.05, 0.1) is 0 Å². The Bertz CT molecular complexity index is 3020. The summed E-state index contributed by atoms with van der Waals surface area (Å²) in [6.07, 6.45) is 0. The zero-order chi connectivity index (χ0) is 48.2. The average Bonchev–Trinajstić information content (AvgIpc) is 4.04. The van der Waals surface area contributed by atoms with Gasteiger partial charge in [-0.2, -0.15) is 24.3 Å². The van der Waals surface area contributed by atoms with Gasteiger partial charge in [-0.25, -0.2) is 0 Å². The van der Waals surface area contributed by atoms with Gasteiger partial charge >= 0.3 is 83.7 Å². The quantitative estimate of drug-likeness (QED) is 0.120. The molecule has 0 aliphatic heterocycles. The molecule has 0 aliphatic carbocycles. The summed E-state index contributed by atoms with van der Waals surface area (Å²) in [5.41, 5.74) is 13.6. The van der Waals surface area contributed by atoms with Gasteiger partial charge in [-0.1, -0.05) is 188 Å². The summed E-state index contributed by atoms with van der Waals surface area (Å²) < 4.78 is 4.66. The molecule has 0 spiro atoms. The van der Waals surface area contributed by atoms with Gasteiger partial charge in [0.15, 0.2) is 0 Å². The van der Waals surface area contributed by atoms with Crippen molar-refractivity contribution in [2.75, 3.05) is 0 Å². The number of rotatable bonds is 2. The molecule has 0 aromatic heterocycles. The second-order valence-electron chi connectivity index (χ2n) is 17.2. The second kappa shape index (κ2) is 32.5. The Kier molecular flexibility index (Phi) is 31.1. The van der Waals surface area contributed by atoms with E-state index in [-0.39, 0.29) is 60.5 Å². The van der Waals surface area contributed by atoms with E-state index in [1.807, 2.05) is 0 Å². The first-order valence-electron chi connectivity index (χ1n) is 21.8. The van der Waals surface area contributed by atoms with Gasteiger partial charge in [0.2, 0.25) is 0 Å². The molecule has 0 nitrogen and oxygen atoms in total. The molecule has 364 valence electrons. The van der Waals surface area contributed by atoms with E-state index in [2.05, 4.69) is 289 Å². The molecule has 0 atom stereocenters. The van der Waals surface area contributed by atoms with Crippen LogP contribution in [0.1, 0.15) is 33.4 Å². The number of hydrogen-bond donors (Lipinski definition) is 0. The van der Waals surface area contributed by atoms with Gasteiger partial charge in [-0.15, -0.1) is 183 Å². The van der Waals surface area contributed by atoms with Crippen LogP contribution in [0.4, 0.5) is 0 Å². The Morgan fingerprint density at radius 1 is 0.371 bits per heavy atom. The maximum Gasteiger partial charge on any atom is -0.0239 e. The predicted molar refractivity (Wildman–Crippen MR) is 332 cm³/mol. The molecular weight excluding hydrogens is 1400 g/mol. The molecule has 10 rings (SSSR count). The van der Waals surface area contributed by atoms with E-state index in [4.69, 9.17) is 0 Å². The summed E-state index contributed by atoms with van der Waals surface area (Å²) in [6, 6.07) is 56.2. The van der Waals surface area contributed by atoms with Gasteiger partial charge in [-0.3, -0.25) is 0 Å². The van der Waals surface area contributed by atoms with Crippen LogP contribution < -0.4 is 0 Å². The molecule has 0 unspecified atom stereocenters. The topological polar surface area (TPSA) is 0 Å². The van der Waals surface area contributed by atoms with Crippen LogP contribution in [-0.4, -0.2) is 10.9 Å². The third-order valence-corrected chi connectivity index (χ3v) is 12.7. The zero-order valence-electron chi connectivity index (χ0n) is 41.2. The number of hydrogen-bond acceptors (Lipinski definition) is 0. The van der Waals surface area contributed by atoms with Crippen LogP contribution in [0.3, 0.4) is 0 Å². The summed E-state index contributed by atoms with van der Waals surface area (Å²) in [7, 11) is 0. The second-order valence-corrected chi connectivity index (χ2v) is 39.4. The zero-order valence-corrected chi connectivity index (χ0v) is 57.7. The SMILES string of the molecule is C[Si](C)=[Zr+2].C[Si](C)=[Zr+2].Cc1cc2c(-c3ccccc3)ccc(Br)c2[cH-]1.Cc1cc2c(-c3ccccc3)ccc(Br)c2[cH-]1.Cc1cc2c(C)cc(Br)cc2[cH-]1.Cc1cc2c(C)cc(Br)cc2[cH-]1.Cl.Cl.Cl.Cl. The van der Waals surface area contributed by atoms with Gasteiger partial charge in [0.25, 0.3) is 0 Å². The molecule has 10 aromatic carbocycles. The summed E-state index contributed by atoms with van der Waals surface area (Å²) >= 11 is 17.7. The van der Waals surface area contributed by atoms with Crippen molar-refractivity contribution < 1.29 is 46.7 Å². The van der Waals surface area contributed by atoms with Crippen molar-refractivity contribution in [3.63, 3.8) is 0 Å². The van der Waals surface area contributed by atoms with Gasteiger partial charge in [0.1, 0.15) is 0 Å². The fraction of sp³-hybridized carbons (Fsp3) is 0.172. The number of fused-ring (bicyclic) bond motifs is 4. The van der Waals surface area contributed by atoms with Crippen LogP contribution in [0, 0.1) is 41.5 Å². The summed E-state index contributed by atoms with van der Waals surface area (Å²) in [5, 5.41) is 10.6. The minimum Gasteiger partial charge on any atom is -0.165 e. The molecule has 0 N–H and O–H groups in total. The molecule has 12 heteroatoms. The number of halogens is 8. The maximum atomic E-state index is 3.62. The first kappa shape index (κ1) is 67.1. The van der Waals surface area contributed by atoms with Crippen molar-refractivity contribution in [2.45, 2.75) is 67.7 Å². The molecule has 0 saturated carbocycles. The Balaban J connectivity index is 0.000000440. The largest absolute Gasteiger partial charge is 0.165 e. The maximum absolute atomic E-state index is 3.62. The molecule has 0 bridgehead atoms. The van der Waals surface area contributed by atoms with Crippen molar-refractivity contribution in [1.82, 2.24) is 0 Å². The average molecular weight is 1460 g/mol. The Morgan fingerprint density at radius 2 is 0.657 bits per heavy atom. The molecule has 0 heterocycles. The summed E-state index contributed by atoms with van der Waals surface area (Å²) in [4.78, 5) is 0. The molecule has 0 aliphatic rings. The van der Waals surface area contributed by atoms with Crippen molar-refractivity contribution in [3.05, 3.63) is 209 Å². The van der Waals surface area contributed by atoms with Crippen LogP contribution >= 0.6 is 113 Å². The van der Waals surface area contributed by atoms with E-state index >= 15 is 0 Å². The van der Waals surface area contributed by atoms with Gasteiger partial charge in [0, 0.05) is 0 Å². The van der Waals surface area contributed by atoms with Crippen LogP contribution in [0.2, 0.25) is 26.2 Å². The molecular formula is C58H60Br4Cl4Si2Zr2. The van der Waals surface area contributed by atoms with Crippen LogP contribution in [-0.2, 0) is 46.7 Å². The predicted octanol–water partition coefficient (Wildman–Crippen LogP) is 21.7. The molecule has 0 saturated heterocycles. The van der Waals surface area contributed by atoms with E-state index in [0.29, 0.717) is 0 Å². The fourth-order valence-corrected chi connectivity index (χ4v) is 9.88. The smallest absolute Gasteiger partial charge is 0.0239 e. The molecule has 0 amide bonds. The van der Waals surface area contributed by atoms with Crippen molar-refractivity contribution >= 4 is 167 Å². The molecule has 70 heavy (non-hydrogen) atoms. The third-order valence-electron chi connectivity index (χ3n) is 10.4. The molecule has 0 radical (unpaired) electrons. The van der Waals surface area contributed by atoms with Crippen LogP contribution in [0.15, 0.2) is 176 Å². The Hall–Kier alpha value is -0.960. The number of aryl methyl sites for hydroxylation is 6. The van der Waals surface area contributed by atoms with E-state index in [0.717, 1.165) is 8.95 Å². The summed E-state index contributed by atoms with van der Waals surface area (Å²) in [6.45, 7) is 22.1. The standard InChI is InChI=1S/2C16H12Br.2C11H10Br.2C2H6Si.4ClH.2Zr/c2*1-11-9-14-13(12-5-3-2-4-6-12)7-8-16(17)15(14)10-11;2*1-7-3-9-6-10(12)5-8(2)11(9)4-7;2*1-3-2;;;;;;/h2*2-10H,1H3;2*3-6H,1-2H3;2*1-2H3;4*1H;;/q4*-1;;;;;;;2*+2. The van der Waals surface area contributed by atoms with Crippen LogP contribution in [0.25, 0.3) is 65.3 Å². The van der Waals surface area contributed by atoms with E-state index in [1.165, 1.54) is 108 Å². The third kappa shape index (κ3) is 20.0. The number of benzene rings is 6. The normalized spacial score (nSPS) is 9.86. The van der Waals surface area contributed by atoms with Gasteiger partial charge < -0.3 is 0 Å². The minimum atomic E-state index is 0. The first-order valence-corrected chi connectivity index (χ1v) is 37.4. The Labute approximate surface area is 506 Å². The van der Waals surface area contributed by atoms with Gasteiger partial charge in [-0.05, 0) is 33.9 Å². The fourth-order valence-electron chi connectivity index (χ4n) is 7.78. The van der Waals surface area contributed by atoms with Crippen molar-refractivity contribution in [1.29, 1.82) is 0 Å². The Morgan fingerprint density at radius 3 is 0.971 bits per heavy atom. The minimum absolute atomic E-state index is 0. The first-order chi connectivity index (χ1) is 31.3. The van der Waals surface area contributed by atoms with E-state index in [9.17, 15) is 0 Å². The molecule has 0 fully saturated rings. The molecule has 10 aromatic rings. The van der Waals surface area contributed by atoms with E-state index < -0.39 is 0 Å². The monoisotopic (exact) mass is 1450 g/mol. The van der Waals surface area contributed by atoms with Crippen LogP contribution in [0.5, 0.6) is 0 Å².